The zero-order chi connectivity index (χ0) is 18.0. The highest BCUT2D eigenvalue weighted by molar-refractivity contribution is 7.89. The molecule has 0 aliphatic carbocycles. The number of benzene rings is 1. The first-order valence-electron chi connectivity index (χ1n) is 8.33. The highest BCUT2D eigenvalue weighted by atomic mass is 32.2. The second kappa shape index (κ2) is 7.14. The van der Waals surface area contributed by atoms with Crippen LogP contribution in [0.4, 0.5) is 0 Å². The van der Waals surface area contributed by atoms with Gasteiger partial charge in [0.25, 0.3) is 15.9 Å². The second-order valence-electron chi connectivity index (χ2n) is 6.20. The van der Waals surface area contributed by atoms with Crippen LogP contribution in [0.15, 0.2) is 51.6 Å². The lowest BCUT2D eigenvalue weighted by molar-refractivity contribution is -0.121. The van der Waals surface area contributed by atoms with Crippen LogP contribution in [0.2, 0.25) is 0 Å². The molecule has 6 heteroatoms. The molecule has 25 heavy (non-hydrogen) atoms. The minimum Gasteiger partial charge on any atom is -0.268 e. The van der Waals surface area contributed by atoms with E-state index in [0.717, 1.165) is 33.8 Å². The highest BCUT2D eigenvalue weighted by Gasteiger charge is 2.38. The molecule has 0 atom stereocenters. The summed E-state index contributed by atoms with van der Waals surface area (Å²) in [4.78, 5) is 13.1. The average molecular weight is 376 g/mol. The molecule has 4 nitrogen and oxygen atoms in total. The summed E-state index contributed by atoms with van der Waals surface area (Å²) < 4.78 is 27.0. The molecule has 0 saturated heterocycles. The van der Waals surface area contributed by atoms with Crippen molar-refractivity contribution in [3.05, 3.63) is 57.8 Å². The van der Waals surface area contributed by atoms with Gasteiger partial charge in [-0.05, 0) is 59.9 Å². The van der Waals surface area contributed by atoms with E-state index in [4.69, 9.17) is 0 Å². The number of thiophene rings is 1. The van der Waals surface area contributed by atoms with E-state index in [1.54, 1.807) is 35.6 Å². The Morgan fingerprint density at radius 2 is 1.88 bits per heavy atom. The predicted molar refractivity (Wildman–Crippen MR) is 101 cm³/mol. The van der Waals surface area contributed by atoms with Crippen LogP contribution in [-0.2, 0) is 14.8 Å². The molecule has 2 heterocycles. The number of nitrogens with zero attached hydrogens (tertiary/aromatic N) is 1. The average Bonchev–Trinajstić information content (AvgIpc) is 3.21. The number of hydrogen-bond acceptors (Lipinski definition) is 4. The third-order valence-electron chi connectivity index (χ3n) is 4.41. The lowest BCUT2D eigenvalue weighted by Gasteiger charge is -2.17. The van der Waals surface area contributed by atoms with Gasteiger partial charge in [-0.2, -0.15) is 11.3 Å². The Kier molecular flexibility index (Phi) is 5.11. The SMILES string of the molecule is CCCCC1=C(c2ccsc2)CN(S(=O)(=O)c2ccc(C)cc2)C1=O. The second-order valence-corrected chi connectivity index (χ2v) is 8.84. The zero-order valence-electron chi connectivity index (χ0n) is 14.4. The molecule has 0 radical (unpaired) electrons. The van der Waals surface area contributed by atoms with Gasteiger partial charge in [0, 0.05) is 5.57 Å². The van der Waals surface area contributed by atoms with E-state index in [9.17, 15) is 13.2 Å². The number of hydrogen-bond donors (Lipinski definition) is 0. The topological polar surface area (TPSA) is 54.5 Å². The number of sulfonamides is 1. The van der Waals surface area contributed by atoms with Crippen molar-refractivity contribution in [1.29, 1.82) is 0 Å². The standard InChI is InChI=1S/C19H21NO3S2/c1-3-4-5-17-18(15-10-11-24-13-15)12-20(19(17)21)25(22,23)16-8-6-14(2)7-9-16/h6-11,13H,3-5,12H2,1-2H3. The lowest BCUT2D eigenvalue weighted by atomic mass is 10.0. The molecule has 132 valence electrons. The summed E-state index contributed by atoms with van der Waals surface area (Å²) in [6, 6.07) is 8.57. The van der Waals surface area contributed by atoms with Crippen LogP contribution < -0.4 is 0 Å². The normalized spacial score (nSPS) is 15.3. The van der Waals surface area contributed by atoms with Crippen LogP contribution in [0.25, 0.3) is 5.57 Å². The summed E-state index contributed by atoms with van der Waals surface area (Å²) in [6.07, 6.45) is 2.44. The minimum absolute atomic E-state index is 0.116. The van der Waals surface area contributed by atoms with E-state index < -0.39 is 10.0 Å². The van der Waals surface area contributed by atoms with E-state index in [1.165, 1.54) is 0 Å². The van der Waals surface area contributed by atoms with Gasteiger partial charge in [0.15, 0.2) is 0 Å². The predicted octanol–water partition coefficient (Wildman–Crippen LogP) is 4.23. The Morgan fingerprint density at radius 1 is 1.16 bits per heavy atom. The first kappa shape index (κ1) is 17.9. The van der Waals surface area contributed by atoms with Crippen molar-refractivity contribution in [2.24, 2.45) is 0 Å². The molecule has 1 aromatic carbocycles. The van der Waals surface area contributed by atoms with Crippen molar-refractivity contribution in [1.82, 2.24) is 4.31 Å². The van der Waals surface area contributed by atoms with Crippen LogP contribution in [0.5, 0.6) is 0 Å². The van der Waals surface area contributed by atoms with Gasteiger partial charge in [0.05, 0.1) is 11.4 Å². The third kappa shape index (κ3) is 3.41. The molecule has 2 aromatic rings. The molecule has 0 N–H and O–H groups in total. The van der Waals surface area contributed by atoms with E-state index in [0.29, 0.717) is 12.0 Å². The number of carbonyl (C=O) groups excluding carboxylic acids is 1. The molecule has 1 amide bonds. The van der Waals surface area contributed by atoms with Crippen LogP contribution >= 0.6 is 11.3 Å². The molecule has 0 bridgehead atoms. The van der Waals surface area contributed by atoms with Crippen LogP contribution in [0.3, 0.4) is 0 Å². The first-order chi connectivity index (χ1) is 11.9. The van der Waals surface area contributed by atoms with Gasteiger partial charge in [-0.1, -0.05) is 31.0 Å². The maximum Gasteiger partial charge on any atom is 0.267 e. The maximum atomic E-state index is 13.0. The van der Waals surface area contributed by atoms with Gasteiger partial charge in [-0.15, -0.1) is 0 Å². The smallest absolute Gasteiger partial charge is 0.267 e. The van der Waals surface area contributed by atoms with Gasteiger partial charge in [-0.25, -0.2) is 12.7 Å². The van der Waals surface area contributed by atoms with Crippen LogP contribution in [0, 0.1) is 6.92 Å². The van der Waals surface area contributed by atoms with Gasteiger partial charge >= 0.3 is 0 Å². The summed E-state index contributed by atoms with van der Waals surface area (Å²) >= 11 is 1.55. The van der Waals surface area contributed by atoms with Crippen LogP contribution in [-0.4, -0.2) is 25.2 Å². The van der Waals surface area contributed by atoms with E-state index in [-0.39, 0.29) is 17.3 Å². The van der Waals surface area contributed by atoms with Gasteiger partial charge in [0.1, 0.15) is 0 Å². The van der Waals surface area contributed by atoms with Crippen molar-refractivity contribution >= 4 is 32.8 Å². The summed E-state index contributed by atoms with van der Waals surface area (Å²) in [6.45, 7) is 4.08. The van der Waals surface area contributed by atoms with Crippen molar-refractivity contribution in [2.45, 2.75) is 38.0 Å². The number of amides is 1. The fraction of sp³-hybridized carbons (Fsp3) is 0.316. The molecule has 1 aromatic heterocycles. The Balaban J connectivity index is 1.98. The highest BCUT2D eigenvalue weighted by Crippen LogP contribution is 2.35. The van der Waals surface area contributed by atoms with Crippen molar-refractivity contribution in [3.63, 3.8) is 0 Å². The molecular weight excluding hydrogens is 354 g/mol. The largest absolute Gasteiger partial charge is 0.268 e. The molecular formula is C19H21NO3S2. The number of carbonyl (C=O) groups is 1. The van der Waals surface area contributed by atoms with Gasteiger partial charge in [0.2, 0.25) is 0 Å². The molecule has 0 fully saturated rings. The Labute approximate surface area is 152 Å². The molecule has 1 aliphatic heterocycles. The fourth-order valence-electron chi connectivity index (χ4n) is 2.94. The molecule has 0 spiro atoms. The summed E-state index contributed by atoms with van der Waals surface area (Å²) in [5.41, 5.74) is 3.41. The monoisotopic (exact) mass is 375 g/mol. The molecule has 0 unspecified atom stereocenters. The lowest BCUT2D eigenvalue weighted by Crippen LogP contribution is -2.34. The van der Waals surface area contributed by atoms with E-state index in [2.05, 4.69) is 6.92 Å². The summed E-state index contributed by atoms with van der Waals surface area (Å²) in [5, 5.41) is 3.91. The number of unbranched alkanes of at least 4 members (excludes halogenated alkanes) is 1. The third-order valence-corrected chi connectivity index (χ3v) is 6.84. The van der Waals surface area contributed by atoms with Crippen molar-refractivity contribution < 1.29 is 13.2 Å². The maximum absolute atomic E-state index is 13.0. The zero-order valence-corrected chi connectivity index (χ0v) is 16.0. The van der Waals surface area contributed by atoms with E-state index in [1.807, 2.05) is 23.8 Å². The first-order valence-corrected chi connectivity index (χ1v) is 10.7. The summed E-state index contributed by atoms with van der Waals surface area (Å²) in [7, 11) is -3.84. The van der Waals surface area contributed by atoms with Crippen molar-refractivity contribution in [2.75, 3.05) is 6.54 Å². The van der Waals surface area contributed by atoms with Crippen LogP contribution in [0.1, 0.15) is 37.3 Å². The molecule has 0 saturated carbocycles. The van der Waals surface area contributed by atoms with E-state index >= 15 is 0 Å². The minimum atomic E-state index is -3.84. The Morgan fingerprint density at radius 3 is 2.48 bits per heavy atom. The molecule has 1 aliphatic rings. The van der Waals surface area contributed by atoms with Gasteiger partial charge < -0.3 is 0 Å². The number of aryl methyl sites for hydroxylation is 1. The summed E-state index contributed by atoms with van der Waals surface area (Å²) in [5.74, 6) is -0.379. The Hall–Kier alpha value is -1.92. The van der Waals surface area contributed by atoms with Crippen molar-refractivity contribution in [3.8, 4) is 0 Å². The Bertz CT molecular complexity index is 895. The van der Waals surface area contributed by atoms with Gasteiger partial charge in [-0.3, -0.25) is 4.79 Å². The molecule has 3 rings (SSSR count). The fourth-order valence-corrected chi connectivity index (χ4v) is 4.97. The quantitative estimate of drug-likeness (QED) is 0.759. The number of rotatable bonds is 6.